The molecule has 0 amide bonds. The highest BCUT2D eigenvalue weighted by molar-refractivity contribution is 5.40. The first-order valence-electron chi connectivity index (χ1n) is 8.26. The Hall–Kier alpha value is -2.28. The molecule has 1 spiro atoms. The van der Waals surface area contributed by atoms with Crippen molar-refractivity contribution in [2.24, 2.45) is 0 Å². The lowest BCUT2D eigenvalue weighted by Gasteiger charge is -2.40. The van der Waals surface area contributed by atoms with Gasteiger partial charge in [-0.15, -0.1) is 0 Å². The third kappa shape index (κ3) is 3.03. The maximum atomic E-state index is 13.8. The molecule has 0 saturated carbocycles. The highest BCUT2D eigenvalue weighted by Crippen LogP contribution is 2.36. The number of rotatable bonds is 3. The van der Waals surface area contributed by atoms with Gasteiger partial charge in [0.15, 0.2) is 11.6 Å². The lowest BCUT2D eigenvalue weighted by Crippen LogP contribution is -2.48. The Kier molecular flexibility index (Phi) is 4.02. The van der Waals surface area contributed by atoms with Gasteiger partial charge in [-0.25, -0.2) is 19.3 Å². The topological polar surface area (TPSA) is 63.2 Å². The zero-order valence-electron chi connectivity index (χ0n) is 13.4. The third-order valence-electron chi connectivity index (χ3n) is 4.74. The fourth-order valence-corrected chi connectivity index (χ4v) is 3.67. The Morgan fingerprint density at radius 2 is 2.25 bits per heavy atom. The van der Waals surface area contributed by atoms with Gasteiger partial charge in [0, 0.05) is 31.9 Å². The van der Waals surface area contributed by atoms with Crippen LogP contribution in [0.15, 0.2) is 36.9 Å². The number of piperidine rings is 1. The molecule has 1 N–H and O–H groups in total. The largest absolute Gasteiger partial charge is 0.371 e. The molecule has 2 aromatic rings. The van der Waals surface area contributed by atoms with E-state index in [2.05, 4.69) is 25.2 Å². The molecule has 2 aliphatic rings. The van der Waals surface area contributed by atoms with Crippen LogP contribution in [0.25, 0.3) is 0 Å². The molecule has 0 aromatic carbocycles. The van der Waals surface area contributed by atoms with E-state index in [0.29, 0.717) is 12.4 Å². The molecule has 2 fully saturated rings. The quantitative estimate of drug-likeness (QED) is 0.932. The van der Waals surface area contributed by atoms with Crippen LogP contribution in [-0.4, -0.2) is 46.3 Å². The summed E-state index contributed by atoms with van der Waals surface area (Å²) >= 11 is 0. The van der Waals surface area contributed by atoms with Crippen molar-refractivity contribution < 1.29 is 9.13 Å². The second kappa shape index (κ2) is 6.32. The van der Waals surface area contributed by atoms with Crippen LogP contribution in [0.5, 0.6) is 0 Å². The van der Waals surface area contributed by atoms with Crippen LogP contribution in [-0.2, 0) is 4.74 Å². The minimum Gasteiger partial charge on any atom is -0.371 e. The van der Waals surface area contributed by atoms with Crippen LogP contribution in [0.1, 0.15) is 19.3 Å². The lowest BCUT2D eigenvalue weighted by molar-refractivity contribution is -0.00651. The van der Waals surface area contributed by atoms with E-state index in [1.54, 1.807) is 24.8 Å². The minimum atomic E-state index is -0.329. The van der Waals surface area contributed by atoms with Gasteiger partial charge in [-0.1, -0.05) is 0 Å². The third-order valence-corrected chi connectivity index (χ3v) is 4.74. The van der Waals surface area contributed by atoms with Crippen LogP contribution in [0.3, 0.4) is 0 Å². The first-order chi connectivity index (χ1) is 11.7. The summed E-state index contributed by atoms with van der Waals surface area (Å²) in [6, 6.07) is 5.00. The Bertz CT molecular complexity index is 700. The predicted octanol–water partition coefficient (Wildman–Crippen LogP) is 2.25. The summed E-state index contributed by atoms with van der Waals surface area (Å²) in [6.07, 6.45) is 7.82. The molecule has 6 nitrogen and oxygen atoms in total. The summed E-state index contributed by atoms with van der Waals surface area (Å²) in [5, 5.41) is 3.18. The first-order valence-corrected chi connectivity index (χ1v) is 8.26. The molecule has 2 aromatic heterocycles. The molecular weight excluding hydrogens is 309 g/mol. The Balaban J connectivity index is 1.44. The van der Waals surface area contributed by atoms with Gasteiger partial charge in [0.25, 0.3) is 0 Å². The van der Waals surface area contributed by atoms with Gasteiger partial charge in [0.1, 0.15) is 12.1 Å². The standard InChI is InChI=1S/C17H20FN5O/c18-14-3-1-6-20-16(14)22-13-9-17(24-10-13)5-2-8-23(11-17)15-4-7-19-12-21-15/h1,3-4,6-7,12-13H,2,5,8-11H2,(H,20,22). The lowest BCUT2D eigenvalue weighted by atomic mass is 9.88. The van der Waals surface area contributed by atoms with E-state index in [1.165, 1.54) is 6.07 Å². The van der Waals surface area contributed by atoms with Crippen LogP contribution < -0.4 is 10.2 Å². The Morgan fingerprint density at radius 3 is 3.08 bits per heavy atom. The fourth-order valence-electron chi connectivity index (χ4n) is 3.67. The molecule has 4 heterocycles. The van der Waals surface area contributed by atoms with E-state index in [4.69, 9.17) is 4.74 Å². The van der Waals surface area contributed by atoms with Crippen LogP contribution in [0.2, 0.25) is 0 Å². The monoisotopic (exact) mass is 329 g/mol. The van der Waals surface area contributed by atoms with Crippen molar-refractivity contribution in [3.8, 4) is 0 Å². The highest BCUT2D eigenvalue weighted by Gasteiger charge is 2.44. The number of hydrogen-bond donors (Lipinski definition) is 1. The SMILES string of the molecule is Fc1cccnc1NC1COC2(CCCN(c3ccncn3)C2)C1. The van der Waals surface area contributed by atoms with Gasteiger partial charge in [0.05, 0.1) is 18.2 Å². The summed E-state index contributed by atoms with van der Waals surface area (Å²) in [7, 11) is 0. The van der Waals surface area contributed by atoms with Gasteiger partial charge in [0.2, 0.25) is 0 Å². The number of nitrogens with one attached hydrogen (secondary N) is 1. The van der Waals surface area contributed by atoms with Gasteiger partial charge in [-0.05, 0) is 31.0 Å². The molecule has 2 saturated heterocycles. The molecule has 2 unspecified atom stereocenters. The maximum absolute atomic E-state index is 13.8. The van der Waals surface area contributed by atoms with E-state index in [9.17, 15) is 4.39 Å². The van der Waals surface area contributed by atoms with Gasteiger partial charge in [-0.2, -0.15) is 0 Å². The number of pyridine rings is 1. The van der Waals surface area contributed by atoms with Gasteiger partial charge in [-0.3, -0.25) is 0 Å². The minimum absolute atomic E-state index is 0.0692. The molecule has 0 bridgehead atoms. The van der Waals surface area contributed by atoms with E-state index >= 15 is 0 Å². The molecule has 4 rings (SSSR count). The summed E-state index contributed by atoms with van der Waals surface area (Å²) in [5.41, 5.74) is -0.202. The number of ether oxygens (including phenoxy) is 1. The number of nitrogens with zero attached hydrogens (tertiary/aromatic N) is 4. The summed E-state index contributed by atoms with van der Waals surface area (Å²) in [5.74, 6) is 0.899. The summed E-state index contributed by atoms with van der Waals surface area (Å²) in [4.78, 5) is 14.6. The smallest absolute Gasteiger partial charge is 0.165 e. The van der Waals surface area contributed by atoms with Crippen LogP contribution in [0, 0.1) is 5.82 Å². The number of halogens is 1. The normalized spacial score (nSPS) is 26.7. The van der Waals surface area contributed by atoms with Crippen molar-refractivity contribution in [1.29, 1.82) is 0 Å². The fraction of sp³-hybridized carbons (Fsp3) is 0.471. The zero-order chi connectivity index (χ0) is 16.4. The van der Waals surface area contributed by atoms with Crippen molar-refractivity contribution >= 4 is 11.6 Å². The van der Waals surface area contributed by atoms with Crippen LogP contribution in [0.4, 0.5) is 16.0 Å². The highest BCUT2D eigenvalue weighted by atomic mass is 19.1. The van der Waals surface area contributed by atoms with Crippen molar-refractivity contribution in [2.45, 2.75) is 30.9 Å². The molecule has 126 valence electrons. The number of anilines is 2. The average Bonchev–Trinajstić information content (AvgIpc) is 3.00. The predicted molar refractivity (Wildman–Crippen MR) is 88.4 cm³/mol. The molecule has 0 aliphatic carbocycles. The molecule has 2 atom stereocenters. The van der Waals surface area contributed by atoms with Crippen molar-refractivity contribution in [2.75, 3.05) is 29.9 Å². The van der Waals surface area contributed by atoms with Gasteiger partial charge >= 0.3 is 0 Å². The van der Waals surface area contributed by atoms with E-state index in [0.717, 1.165) is 38.2 Å². The van der Waals surface area contributed by atoms with E-state index in [-0.39, 0.29) is 17.5 Å². The number of aromatic nitrogens is 3. The van der Waals surface area contributed by atoms with Crippen molar-refractivity contribution in [3.05, 3.63) is 42.7 Å². The molecule has 24 heavy (non-hydrogen) atoms. The first kappa shape index (κ1) is 15.3. The molecular formula is C17H20FN5O. The van der Waals surface area contributed by atoms with E-state index in [1.807, 2.05) is 6.07 Å². The summed E-state index contributed by atoms with van der Waals surface area (Å²) < 4.78 is 19.9. The van der Waals surface area contributed by atoms with Gasteiger partial charge < -0.3 is 15.0 Å². The number of hydrogen-bond acceptors (Lipinski definition) is 6. The van der Waals surface area contributed by atoms with Crippen molar-refractivity contribution in [1.82, 2.24) is 15.0 Å². The van der Waals surface area contributed by atoms with Crippen molar-refractivity contribution in [3.63, 3.8) is 0 Å². The molecule has 0 radical (unpaired) electrons. The Morgan fingerprint density at radius 1 is 1.29 bits per heavy atom. The average molecular weight is 329 g/mol. The maximum Gasteiger partial charge on any atom is 0.165 e. The molecule has 7 heteroatoms. The Labute approximate surface area is 140 Å². The van der Waals surface area contributed by atoms with E-state index < -0.39 is 0 Å². The summed E-state index contributed by atoms with van der Waals surface area (Å²) in [6.45, 7) is 2.33. The second-order valence-electron chi connectivity index (χ2n) is 6.47. The second-order valence-corrected chi connectivity index (χ2v) is 6.47. The molecule has 2 aliphatic heterocycles. The van der Waals surface area contributed by atoms with Crippen LogP contribution >= 0.6 is 0 Å². The zero-order valence-corrected chi connectivity index (χ0v) is 13.4.